The van der Waals surface area contributed by atoms with Crippen LogP contribution in [0, 0.1) is 0 Å². The minimum Gasteiger partial charge on any atom is -0.378 e. The third-order valence-corrected chi connectivity index (χ3v) is 3.96. The number of amides is 1. The summed E-state index contributed by atoms with van der Waals surface area (Å²) in [5, 5.41) is 17.1. The Morgan fingerprint density at radius 2 is 2.00 bits per heavy atom. The summed E-state index contributed by atoms with van der Waals surface area (Å²) in [6.45, 7) is 2.45. The van der Waals surface area contributed by atoms with Gasteiger partial charge in [0.1, 0.15) is 5.69 Å². The number of hydrogen-bond acceptors (Lipinski definition) is 6. The number of rotatable bonds is 3. The van der Waals surface area contributed by atoms with E-state index in [4.69, 9.17) is 4.74 Å². The second-order valence-electron chi connectivity index (χ2n) is 5.66. The van der Waals surface area contributed by atoms with Gasteiger partial charge in [-0.05, 0) is 18.2 Å². The van der Waals surface area contributed by atoms with E-state index in [1.165, 1.54) is 0 Å². The second kappa shape index (κ2) is 6.00. The molecule has 4 rings (SSSR count). The molecule has 1 fully saturated rings. The fourth-order valence-corrected chi connectivity index (χ4v) is 2.69. The zero-order valence-electron chi connectivity index (χ0n) is 13.3. The molecule has 0 bridgehead atoms. The number of aryl methyl sites for hydroxylation is 1. The molecule has 0 aliphatic carbocycles. The Kier molecular flexibility index (Phi) is 3.69. The lowest BCUT2D eigenvalue weighted by Gasteiger charge is -2.26. The maximum atomic E-state index is 12.4. The predicted molar refractivity (Wildman–Crippen MR) is 84.1 cm³/mol. The van der Waals surface area contributed by atoms with Crippen LogP contribution in [0.1, 0.15) is 5.69 Å². The minimum atomic E-state index is 0.0533. The normalized spacial score (nSPS) is 15.1. The molecule has 0 unspecified atom stereocenters. The molecule has 1 saturated heterocycles. The average Bonchev–Trinajstić information content (AvgIpc) is 3.21. The van der Waals surface area contributed by atoms with Gasteiger partial charge in [0.15, 0.2) is 5.65 Å². The average molecular weight is 327 g/mol. The first kappa shape index (κ1) is 14.8. The van der Waals surface area contributed by atoms with Crippen LogP contribution in [0.2, 0.25) is 0 Å². The monoisotopic (exact) mass is 327 g/mol. The van der Waals surface area contributed by atoms with Crippen molar-refractivity contribution >= 4 is 11.6 Å². The summed E-state index contributed by atoms with van der Waals surface area (Å²) in [6.07, 6.45) is 2.08. The van der Waals surface area contributed by atoms with Gasteiger partial charge in [-0.2, -0.15) is 14.7 Å². The van der Waals surface area contributed by atoms with Crippen LogP contribution in [-0.2, 0) is 23.0 Å². The van der Waals surface area contributed by atoms with Gasteiger partial charge in [-0.3, -0.25) is 9.48 Å². The lowest BCUT2D eigenvalue weighted by Crippen LogP contribution is -2.41. The Labute approximate surface area is 137 Å². The molecular weight excluding hydrogens is 310 g/mol. The summed E-state index contributed by atoms with van der Waals surface area (Å²) in [6, 6.07) is 5.47. The topological polar surface area (TPSA) is 90.4 Å². The van der Waals surface area contributed by atoms with Crippen LogP contribution in [0.5, 0.6) is 0 Å². The van der Waals surface area contributed by atoms with Crippen LogP contribution in [0.25, 0.3) is 17.2 Å². The van der Waals surface area contributed by atoms with Gasteiger partial charge in [0.25, 0.3) is 0 Å². The van der Waals surface area contributed by atoms with E-state index in [-0.39, 0.29) is 12.3 Å². The highest BCUT2D eigenvalue weighted by Gasteiger charge is 2.19. The predicted octanol–water partition coefficient (Wildman–Crippen LogP) is -0.0739. The quantitative estimate of drug-likeness (QED) is 0.669. The van der Waals surface area contributed by atoms with Gasteiger partial charge < -0.3 is 9.64 Å². The van der Waals surface area contributed by atoms with Crippen LogP contribution in [0.4, 0.5) is 0 Å². The molecule has 1 amide bonds. The van der Waals surface area contributed by atoms with E-state index in [0.29, 0.717) is 49.2 Å². The highest BCUT2D eigenvalue weighted by Crippen LogP contribution is 2.15. The molecule has 124 valence electrons. The van der Waals surface area contributed by atoms with E-state index in [0.717, 1.165) is 0 Å². The highest BCUT2D eigenvalue weighted by atomic mass is 16.5. The Morgan fingerprint density at radius 1 is 1.17 bits per heavy atom. The zero-order chi connectivity index (χ0) is 16.5. The van der Waals surface area contributed by atoms with E-state index >= 15 is 0 Å². The van der Waals surface area contributed by atoms with Crippen molar-refractivity contribution in [3.05, 3.63) is 30.1 Å². The molecule has 0 N–H and O–H groups in total. The molecule has 0 atom stereocenters. The van der Waals surface area contributed by atoms with Crippen LogP contribution in [-0.4, -0.2) is 66.7 Å². The van der Waals surface area contributed by atoms with Crippen LogP contribution in [0.15, 0.2) is 24.4 Å². The fourth-order valence-electron chi connectivity index (χ4n) is 2.69. The van der Waals surface area contributed by atoms with Gasteiger partial charge in [0.2, 0.25) is 11.7 Å². The first-order valence-corrected chi connectivity index (χ1v) is 7.77. The molecule has 4 heterocycles. The number of carbonyl (C=O) groups excluding carboxylic acids is 1. The Hall–Kier alpha value is -2.81. The molecule has 3 aromatic rings. The molecule has 0 spiro atoms. The second-order valence-corrected chi connectivity index (χ2v) is 5.66. The van der Waals surface area contributed by atoms with E-state index in [9.17, 15) is 4.79 Å². The van der Waals surface area contributed by atoms with Crippen LogP contribution < -0.4 is 0 Å². The third kappa shape index (κ3) is 2.73. The van der Waals surface area contributed by atoms with Crippen molar-refractivity contribution in [1.29, 1.82) is 0 Å². The molecular formula is C15H17N7O2. The molecule has 0 radical (unpaired) electrons. The van der Waals surface area contributed by atoms with Gasteiger partial charge >= 0.3 is 0 Å². The Morgan fingerprint density at radius 3 is 2.75 bits per heavy atom. The Balaban J connectivity index is 1.61. The van der Waals surface area contributed by atoms with Crippen molar-refractivity contribution in [1.82, 2.24) is 34.5 Å². The molecule has 9 nitrogen and oxygen atoms in total. The van der Waals surface area contributed by atoms with E-state index in [1.54, 1.807) is 14.1 Å². The largest absolute Gasteiger partial charge is 0.378 e. The van der Waals surface area contributed by atoms with Crippen molar-refractivity contribution in [2.75, 3.05) is 26.3 Å². The smallest absolute Gasteiger partial charge is 0.228 e. The summed E-state index contributed by atoms with van der Waals surface area (Å²) >= 11 is 0. The molecule has 1 aliphatic heterocycles. The zero-order valence-corrected chi connectivity index (χ0v) is 13.3. The molecule has 0 aromatic carbocycles. The molecule has 3 aromatic heterocycles. The van der Waals surface area contributed by atoms with E-state index in [1.807, 2.05) is 31.4 Å². The Bertz CT molecular complexity index is 879. The van der Waals surface area contributed by atoms with Gasteiger partial charge in [0.05, 0.1) is 25.3 Å². The molecule has 0 saturated carbocycles. The number of carbonyl (C=O) groups is 1. The number of morpholine rings is 1. The van der Waals surface area contributed by atoms with Crippen molar-refractivity contribution in [2.24, 2.45) is 7.05 Å². The number of hydrogen-bond donors (Lipinski definition) is 0. The van der Waals surface area contributed by atoms with Crippen molar-refractivity contribution in [3.63, 3.8) is 0 Å². The summed E-state index contributed by atoms with van der Waals surface area (Å²) in [4.78, 5) is 14.2. The van der Waals surface area contributed by atoms with Crippen LogP contribution >= 0.6 is 0 Å². The summed E-state index contributed by atoms with van der Waals surface area (Å²) in [5.74, 6) is 0.615. The fraction of sp³-hybridized carbons (Fsp3) is 0.400. The van der Waals surface area contributed by atoms with Crippen LogP contribution in [0.3, 0.4) is 0 Å². The van der Waals surface area contributed by atoms with Gasteiger partial charge in [-0.1, -0.05) is 0 Å². The summed E-state index contributed by atoms with van der Waals surface area (Å²) in [7, 11) is 1.84. The minimum absolute atomic E-state index is 0.0533. The van der Waals surface area contributed by atoms with E-state index in [2.05, 4.69) is 20.4 Å². The lowest BCUT2D eigenvalue weighted by molar-refractivity contribution is -0.134. The third-order valence-electron chi connectivity index (χ3n) is 3.96. The molecule has 9 heteroatoms. The SMILES string of the molecule is Cn1ccc(-c2nnc3ccc(CC(=O)N4CCOCC4)nn23)n1. The number of ether oxygens (including phenoxy) is 1. The first-order chi connectivity index (χ1) is 11.7. The van der Waals surface area contributed by atoms with Crippen molar-refractivity contribution in [2.45, 2.75) is 6.42 Å². The molecule has 24 heavy (non-hydrogen) atoms. The highest BCUT2D eigenvalue weighted by molar-refractivity contribution is 5.78. The molecule has 1 aliphatic rings. The first-order valence-electron chi connectivity index (χ1n) is 7.77. The van der Waals surface area contributed by atoms with Crippen molar-refractivity contribution in [3.8, 4) is 11.5 Å². The van der Waals surface area contributed by atoms with Gasteiger partial charge in [-0.25, -0.2) is 0 Å². The van der Waals surface area contributed by atoms with Gasteiger partial charge in [-0.15, -0.1) is 10.2 Å². The maximum Gasteiger partial charge on any atom is 0.228 e. The summed E-state index contributed by atoms with van der Waals surface area (Å²) in [5.41, 5.74) is 1.99. The van der Waals surface area contributed by atoms with Crippen molar-refractivity contribution < 1.29 is 9.53 Å². The van der Waals surface area contributed by atoms with Gasteiger partial charge in [0, 0.05) is 26.3 Å². The standard InChI is InChI=1S/C15H17N7O2/c1-20-5-4-12(19-20)15-17-16-13-3-2-11(18-22(13)15)10-14(23)21-6-8-24-9-7-21/h2-5H,6-10H2,1H3. The van der Waals surface area contributed by atoms with E-state index < -0.39 is 0 Å². The number of nitrogens with zero attached hydrogens (tertiary/aromatic N) is 7. The number of aromatic nitrogens is 6. The maximum absolute atomic E-state index is 12.4. The summed E-state index contributed by atoms with van der Waals surface area (Å²) < 4.78 is 8.60. The number of fused-ring (bicyclic) bond motifs is 1. The lowest BCUT2D eigenvalue weighted by atomic mass is 10.2.